The summed E-state index contributed by atoms with van der Waals surface area (Å²) in [6, 6.07) is 19.4. The smallest absolute Gasteiger partial charge is 0.178 e. The van der Waals surface area contributed by atoms with Crippen molar-refractivity contribution in [1.82, 2.24) is 15.0 Å². The maximum Gasteiger partial charge on any atom is 0.178 e. The van der Waals surface area contributed by atoms with Crippen LogP contribution in [0.2, 0.25) is 0 Å². The van der Waals surface area contributed by atoms with Gasteiger partial charge in [0.15, 0.2) is 9.84 Å². The van der Waals surface area contributed by atoms with Gasteiger partial charge in [-0.25, -0.2) is 8.42 Å². The van der Waals surface area contributed by atoms with E-state index in [-0.39, 0.29) is 21.8 Å². The molecule has 0 fully saturated rings. The Labute approximate surface area is 271 Å². The van der Waals surface area contributed by atoms with Crippen LogP contribution in [0.4, 0.5) is 0 Å². The van der Waals surface area contributed by atoms with Crippen molar-refractivity contribution in [3.8, 4) is 11.4 Å². The van der Waals surface area contributed by atoms with Crippen LogP contribution in [0, 0.1) is 0 Å². The van der Waals surface area contributed by atoms with E-state index in [1.165, 1.54) is 30.5 Å². The predicted octanol–water partition coefficient (Wildman–Crippen LogP) is 9.83. The summed E-state index contributed by atoms with van der Waals surface area (Å²) in [5.41, 5.74) is 3.98. The summed E-state index contributed by atoms with van der Waals surface area (Å²) < 4.78 is 26.4. The highest BCUT2D eigenvalue weighted by atomic mass is 32.2. The number of unbranched alkanes of at least 4 members (excludes halogenated alkanes) is 8. The van der Waals surface area contributed by atoms with Gasteiger partial charge in [-0.2, -0.15) is 0 Å². The van der Waals surface area contributed by atoms with E-state index < -0.39 is 15.3 Å². The molecule has 1 aromatic heterocycles. The van der Waals surface area contributed by atoms with Crippen LogP contribution < -0.4 is 0 Å². The molecular formula is C38H53N3O3S. The van der Waals surface area contributed by atoms with Crippen molar-refractivity contribution < 1.29 is 13.5 Å². The Morgan fingerprint density at radius 2 is 1.33 bits per heavy atom. The Bertz CT molecular complexity index is 1660. The van der Waals surface area contributed by atoms with Crippen molar-refractivity contribution in [2.45, 2.75) is 128 Å². The fourth-order valence-electron chi connectivity index (χ4n) is 6.17. The zero-order valence-electron chi connectivity index (χ0n) is 28.3. The van der Waals surface area contributed by atoms with E-state index in [1.54, 1.807) is 18.2 Å². The number of benzene rings is 3. The van der Waals surface area contributed by atoms with Gasteiger partial charge in [-0.3, -0.25) is 0 Å². The topological polar surface area (TPSA) is 85.1 Å². The van der Waals surface area contributed by atoms with E-state index in [1.807, 2.05) is 24.3 Å². The lowest BCUT2D eigenvalue weighted by Gasteiger charge is -2.32. The summed E-state index contributed by atoms with van der Waals surface area (Å²) in [6.45, 7) is 13.2. The van der Waals surface area contributed by atoms with Gasteiger partial charge in [0.25, 0.3) is 0 Å². The SMILES string of the molecule is CCCCCCCCCS(=O)(=O)c1ccc2nn(-c3cc(C(C)(C)CCCCC)cc(C(C)(C)c4ccccc4)c3O)nc2c1. The second-order valence-electron chi connectivity index (χ2n) is 13.8. The van der Waals surface area contributed by atoms with Gasteiger partial charge in [0.2, 0.25) is 0 Å². The first-order chi connectivity index (χ1) is 21.4. The molecule has 0 amide bonds. The minimum absolute atomic E-state index is 0.129. The summed E-state index contributed by atoms with van der Waals surface area (Å²) in [4.78, 5) is 1.75. The lowest BCUT2D eigenvalue weighted by Crippen LogP contribution is -2.23. The number of phenols is 1. The summed E-state index contributed by atoms with van der Waals surface area (Å²) in [5, 5.41) is 21.3. The number of aromatic hydroxyl groups is 1. The molecule has 7 heteroatoms. The summed E-state index contributed by atoms with van der Waals surface area (Å²) >= 11 is 0. The molecule has 0 aliphatic carbocycles. The third-order valence-electron chi connectivity index (χ3n) is 9.39. The van der Waals surface area contributed by atoms with E-state index >= 15 is 0 Å². The number of aromatic nitrogens is 3. The molecule has 0 unspecified atom stereocenters. The summed E-state index contributed by atoms with van der Waals surface area (Å²) in [5.74, 6) is 0.262. The highest BCUT2D eigenvalue weighted by Crippen LogP contribution is 2.43. The van der Waals surface area contributed by atoms with Crippen LogP contribution in [0.15, 0.2) is 65.6 Å². The minimum atomic E-state index is -3.43. The number of hydrogen-bond acceptors (Lipinski definition) is 5. The van der Waals surface area contributed by atoms with Gasteiger partial charge in [0, 0.05) is 11.0 Å². The van der Waals surface area contributed by atoms with Gasteiger partial charge in [-0.15, -0.1) is 15.0 Å². The molecule has 6 nitrogen and oxygen atoms in total. The number of sulfone groups is 1. The van der Waals surface area contributed by atoms with Gasteiger partial charge in [0.05, 0.1) is 10.6 Å². The van der Waals surface area contributed by atoms with Crippen LogP contribution in [0.5, 0.6) is 5.75 Å². The normalized spacial score (nSPS) is 12.7. The van der Waals surface area contributed by atoms with E-state index in [0.29, 0.717) is 23.1 Å². The summed E-state index contributed by atoms with van der Waals surface area (Å²) in [6.07, 6.45) is 12.0. The summed E-state index contributed by atoms with van der Waals surface area (Å²) in [7, 11) is -3.43. The van der Waals surface area contributed by atoms with Gasteiger partial charge < -0.3 is 5.11 Å². The predicted molar refractivity (Wildman–Crippen MR) is 186 cm³/mol. The van der Waals surface area contributed by atoms with E-state index in [9.17, 15) is 13.5 Å². The third-order valence-corrected chi connectivity index (χ3v) is 11.2. The van der Waals surface area contributed by atoms with Crippen molar-refractivity contribution in [2.75, 3.05) is 5.75 Å². The Kier molecular flexibility index (Phi) is 11.5. The molecular weight excluding hydrogens is 579 g/mol. The van der Waals surface area contributed by atoms with Gasteiger partial charge in [-0.1, -0.05) is 136 Å². The highest BCUT2D eigenvalue weighted by molar-refractivity contribution is 7.91. The third kappa shape index (κ3) is 8.35. The fraction of sp³-hybridized carbons (Fsp3) is 0.526. The largest absolute Gasteiger partial charge is 0.505 e. The Morgan fingerprint density at radius 1 is 0.711 bits per heavy atom. The molecule has 0 aliphatic heterocycles. The molecule has 3 aromatic carbocycles. The minimum Gasteiger partial charge on any atom is -0.505 e. The average molecular weight is 632 g/mol. The van der Waals surface area contributed by atoms with Crippen molar-refractivity contribution in [3.05, 3.63) is 77.4 Å². The number of rotatable bonds is 17. The second kappa shape index (κ2) is 14.9. The van der Waals surface area contributed by atoms with E-state index in [4.69, 9.17) is 10.2 Å². The fourth-order valence-corrected chi connectivity index (χ4v) is 7.56. The number of hydrogen-bond donors (Lipinski definition) is 1. The quantitative estimate of drug-likeness (QED) is 0.117. The van der Waals surface area contributed by atoms with Crippen LogP contribution in [0.1, 0.15) is 129 Å². The van der Waals surface area contributed by atoms with Crippen LogP contribution in [0.25, 0.3) is 16.7 Å². The lowest BCUT2D eigenvalue weighted by atomic mass is 9.73. The Hall–Kier alpha value is -3.19. The van der Waals surface area contributed by atoms with E-state index in [0.717, 1.165) is 55.2 Å². The molecule has 1 heterocycles. The molecule has 0 atom stereocenters. The van der Waals surface area contributed by atoms with Crippen molar-refractivity contribution in [3.63, 3.8) is 0 Å². The lowest BCUT2D eigenvalue weighted by molar-refractivity contribution is 0.433. The van der Waals surface area contributed by atoms with E-state index in [2.05, 4.69) is 59.7 Å². The van der Waals surface area contributed by atoms with Crippen LogP contribution >= 0.6 is 0 Å². The first-order valence-electron chi connectivity index (χ1n) is 16.9. The standard InChI is InChI=1S/C38H53N3O3S/c1-7-9-11-12-13-14-19-25-45(43,44)31-22-23-33-34(28-31)40-41(39-33)35-27-30(37(3,4)24-18-10-8-2)26-32(36(35)42)38(5,6)29-20-16-15-17-21-29/h15-17,20-23,26-28,42H,7-14,18-19,24-25H2,1-6H3. The van der Waals surface area contributed by atoms with Crippen LogP contribution in [-0.2, 0) is 20.7 Å². The molecule has 4 rings (SSSR count). The van der Waals surface area contributed by atoms with Crippen molar-refractivity contribution >= 4 is 20.9 Å². The van der Waals surface area contributed by atoms with Gasteiger partial charge >= 0.3 is 0 Å². The molecule has 45 heavy (non-hydrogen) atoms. The average Bonchev–Trinajstić information content (AvgIpc) is 3.44. The molecule has 0 aliphatic rings. The highest BCUT2D eigenvalue weighted by Gasteiger charge is 2.32. The first-order valence-corrected chi connectivity index (χ1v) is 18.6. The van der Waals surface area contributed by atoms with Crippen molar-refractivity contribution in [2.24, 2.45) is 0 Å². The van der Waals surface area contributed by atoms with Gasteiger partial charge in [0.1, 0.15) is 22.5 Å². The maximum atomic E-state index is 13.2. The molecule has 244 valence electrons. The molecule has 0 bridgehead atoms. The molecule has 0 saturated heterocycles. The number of fused-ring (bicyclic) bond motifs is 1. The molecule has 0 saturated carbocycles. The Morgan fingerprint density at radius 3 is 2.02 bits per heavy atom. The first kappa shape index (κ1) is 34.7. The van der Waals surface area contributed by atoms with Gasteiger partial charge in [-0.05, 0) is 53.6 Å². The molecule has 0 radical (unpaired) electrons. The zero-order valence-corrected chi connectivity index (χ0v) is 29.1. The van der Waals surface area contributed by atoms with Crippen molar-refractivity contribution in [1.29, 1.82) is 0 Å². The van der Waals surface area contributed by atoms with Crippen LogP contribution in [-0.4, -0.2) is 34.3 Å². The van der Waals surface area contributed by atoms with Crippen LogP contribution in [0.3, 0.4) is 0 Å². The second-order valence-corrected chi connectivity index (χ2v) is 15.9. The zero-order chi connectivity index (χ0) is 32.7. The Balaban J connectivity index is 1.70. The molecule has 1 N–H and O–H groups in total. The number of nitrogens with zero attached hydrogens (tertiary/aromatic N) is 3. The molecule has 0 spiro atoms. The molecule has 4 aromatic rings. The monoisotopic (exact) mass is 631 g/mol. The number of phenolic OH excluding ortho intramolecular Hbond substituents is 1. The maximum absolute atomic E-state index is 13.2.